The predicted molar refractivity (Wildman–Crippen MR) is 127 cm³/mol. The van der Waals surface area contributed by atoms with Gasteiger partial charge >= 0.3 is 0 Å². The molecule has 5 N–H and O–H groups in total. The van der Waals surface area contributed by atoms with Gasteiger partial charge in [-0.05, 0) is 48.6 Å². The lowest BCUT2D eigenvalue weighted by Gasteiger charge is -2.13. The molecule has 0 aliphatic carbocycles. The molecule has 3 rings (SSSR count). The Kier molecular flexibility index (Phi) is 8.32. The molecule has 3 aromatic rings. The zero-order valence-corrected chi connectivity index (χ0v) is 19.8. The maximum atomic E-state index is 12.7. The monoisotopic (exact) mass is 483 g/mol. The van der Waals surface area contributed by atoms with Gasteiger partial charge in [-0.3, -0.25) is 14.8 Å². The molecular weight excluding hydrogens is 454 g/mol. The third kappa shape index (κ3) is 5.90. The number of rotatable bonds is 10. The standard InChI is InChI=1S/C25H29N3O7/c1-4-26-25(32)23-22(15-7-9-16(10-8-15)34-11-5-6-21(31)27-33)24(35-28-23)18-12-17(14(2)3)19(29)13-20(18)30/h7-10,12-14,29-30,33H,4-6,11H2,1-3H3,(H,26,32)(H,27,31). The maximum absolute atomic E-state index is 12.7. The van der Waals surface area contributed by atoms with E-state index in [2.05, 4.69) is 10.5 Å². The van der Waals surface area contributed by atoms with Crippen molar-refractivity contribution in [3.05, 3.63) is 47.7 Å². The highest BCUT2D eigenvalue weighted by Crippen LogP contribution is 2.43. The lowest BCUT2D eigenvalue weighted by atomic mass is 9.94. The molecule has 0 bridgehead atoms. The number of hydrogen-bond donors (Lipinski definition) is 5. The average Bonchev–Trinajstić information content (AvgIpc) is 3.27. The van der Waals surface area contributed by atoms with Gasteiger partial charge in [-0.25, -0.2) is 5.48 Å². The maximum Gasteiger partial charge on any atom is 0.274 e. The lowest BCUT2D eigenvalue weighted by Crippen LogP contribution is -2.23. The van der Waals surface area contributed by atoms with Crippen LogP contribution in [-0.4, -0.2) is 45.5 Å². The van der Waals surface area contributed by atoms with Gasteiger partial charge in [-0.15, -0.1) is 0 Å². The van der Waals surface area contributed by atoms with Gasteiger partial charge in [0.15, 0.2) is 11.5 Å². The molecule has 0 aliphatic rings. The summed E-state index contributed by atoms with van der Waals surface area (Å²) in [5.74, 6) is -0.451. The minimum Gasteiger partial charge on any atom is -0.508 e. The first-order valence-electron chi connectivity index (χ1n) is 11.3. The Morgan fingerprint density at radius 3 is 2.46 bits per heavy atom. The van der Waals surface area contributed by atoms with Crippen LogP contribution in [0.3, 0.4) is 0 Å². The van der Waals surface area contributed by atoms with Crippen molar-refractivity contribution in [2.75, 3.05) is 13.2 Å². The molecule has 2 amide bonds. The van der Waals surface area contributed by atoms with E-state index >= 15 is 0 Å². The largest absolute Gasteiger partial charge is 0.508 e. The van der Waals surface area contributed by atoms with Gasteiger partial charge in [0.2, 0.25) is 5.91 Å². The molecule has 0 saturated heterocycles. The van der Waals surface area contributed by atoms with Crippen molar-refractivity contribution in [3.63, 3.8) is 0 Å². The van der Waals surface area contributed by atoms with E-state index < -0.39 is 11.8 Å². The lowest BCUT2D eigenvalue weighted by molar-refractivity contribution is -0.129. The van der Waals surface area contributed by atoms with Gasteiger partial charge in [0, 0.05) is 19.0 Å². The average molecular weight is 484 g/mol. The van der Waals surface area contributed by atoms with Crippen molar-refractivity contribution in [1.82, 2.24) is 16.0 Å². The third-order valence-electron chi connectivity index (χ3n) is 5.34. The molecule has 0 spiro atoms. The number of nitrogens with zero attached hydrogens (tertiary/aromatic N) is 1. The molecule has 0 atom stereocenters. The number of hydroxylamine groups is 1. The van der Waals surface area contributed by atoms with E-state index in [1.807, 2.05) is 13.8 Å². The van der Waals surface area contributed by atoms with Crippen LogP contribution in [0.1, 0.15) is 55.6 Å². The summed E-state index contributed by atoms with van der Waals surface area (Å²) in [6, 6.07) is 9.74. The Bertz CT molecular complexity index is 1190. The molecule has 35 heavy (non-hydrogen) atoms. The Morgan fingerprint density at radius 2 is 1.83 bits per heavy atom. The first kappa shape index (κ1) is 25.6. The second-order valence-corrected chi connectivity index (χ2v) is 8.19. The molecule has 0 aliphatic heterocycles. The van der Waals surface area contributed by atoms with Gasteiger partial charge in [0.05, 0.1) is 17.7 Å². The van der Waals surface area contributed by atoms with Gasteiger partial charge in [0.1, 0.15) is 17.2 Å². The van der Waals surface area contributed by atoms with Crippen LogP contribution in [-0.2, 0) is 4.79 Å². The topological polar surface area (TPSA) is 154 Å². The van der Waals surface area contributed by atoms with Gasteiger partial charge in [0.25, 0.3) is 5.91 Å². The fraction of sp³-hybridized carbons (Fsp3) is 0.320. The van der Waals surface area contributed by atoms with E-state index in [4.69, 9.17) is 14.5 Å². The number of phenols is 2. The highest BCUT2D eigenvalue weighted by molar-refractivity contribution is 6.02. The fourth-order valence-electron chi connectivity index (χ4n) is 3.58. The molecule has 10 heteroatoms. The molecule has 0 fully saturated rings. The number of nitrogens with one attached hydrogen (secondary N) is 2. The molecule has 2 aromatic carbocycles. The summed E-state index contributed by atoms with van der Waals surface area (Å²) in [7, 11) is 0. The zero-order valence-electron chi connectivity index (χ0n) is 19.8. The highest BCUT2D eigenvalue weighted by atomic mass is 16.5. The second-order valence-electron chi connectivity index (χ2n) is 8.19. The summed E-state index contributed by atoms with van der Waals surface area (Å²) in [5.41, 5.74) is 3.53. The highest BCUT2D eigenvalue weighted by Gasteiger charge is 2.27. The summed E-state index contributed by atoms with van der Waals surface area (Å²) in [4.78, 5) is 23.8. The van der Waals surface area contributed by atoms with Crippen molar-refractivity contribution in [1.29, 1.82) is 0 Å². The Hall–Kier alpha value is -4.05. The number of ether oxygens (including phenoxy) is 1. The molecule has 1 heterocycles. The number of benzene rings is 2. The van der Waals surface area contributed by atoms with E-state index in [1.165, 1.54) is 6.07 Å². The number of aromatic hydroxyl groups is 2. The van der Waals surface area contributed by atoms with Crippen molar-refractivity contribution in [3.8, 4) is 39.7 Å². The van der Waals surface area contributed by atoms with Crippen LogP contribution in [0.15, 0.2) is 40.9 Å². The minimum atomic E-state index is -0.486. The van der Waals surface area contributed by atoms with E-state index in [-0.39, 0.29) is 41.9 Å². The number of amides is 2. The van der Waals surface area contributed by atoms with Crippen LogP contribution < -0.4 is 15.5 Å². The van der Waals surface area contributed by atoms with Gasteiger partial charge in [-0.1, -0.05) is 31.1 Å². The Morgan fingerprint density at radius 1 is 1.11 bits per heavy atom. The number of hydrogen-bond acceptors (Lipinski definition) is 8. The molecule has 0 unspecified atom stereocenters. The molecule has 0 radical (unpaired) electrons. The number of aromatic nitrogens is 1. The zero-order chi connectivity index (χ0) is 25.5. The van der Waals surface area contributed by atoms with E-state index in [0.717, 1.165) is 0 Å². The van der Waals surface area contributed by atoms with E-state index in [9.17, 15) is 19.8 Å². The van der Waals surface area contributed by atoms with Crippen molar-refractivity contribution in [2.24, 2.45) is 0 Å². The smallest absolute Gasteiger partial charge is 0.274 e. The minimum absolute atomic E-state index is 0.0246. The normalized spacial score (nSPS) is 10.9. The van der Waals surface area contributed by atoms with Crippen molar-refractivity contribution in [2.45, 2.75) is 39.5 Å². The Balaban J connectivity index is 1.98. The summed E-state index contributed by atoms with van der Waals surface area (Å²) < 4.78 is 11.2. The predicted octanol–water partition coefficient (Wildman–Crippen LogP) is 3.96. The van der Waals surface area contributed by atoms with Crippen LogP contribution >= 0.6 is 0 Å². The van der Waals surface area contributed by atoms with Crippen LogP contribution in [0, 0.1) is 0 Å². The van der Waals surface area contributed by atoms with Crippen LogP contribution in [0.2, 0.25) is 0 Å². The van der Waals surface area contributed by atoms with Crippen LogP contribution in [0.25, 0.3) is 22.5 Å². The Labute approximate surface area is 202 Å². The third-order valence-corrected chi connectivity index (χ3v) is 5.34. The molecule has 0 saturated carbocycles. The number of carbonyl (C=O) groups excluding carboxylic acids is 2. The van der Waals surface area contributed by atoms with Crippen LogP contribution in [0.4, 0.5) is 0 Å². The quantitative estimate of drug-likeness (QED) is 0.165. The van der Waals surface area contributed by atoms with Crippen molar-refractivity contribution < 1.29 is 34.3 Å². The van der Waals surface area contributed by atoms with Gasteiger partial charge in [-0.2, -0.15) is 0 Å². The summed E-state index contributed by atoms with van der Waals surface area (Å²) in [6.07, 6.45) is 0.548. The first-order valence-corrected chi connectivity index (χ1v) is 11.3. The van der Waals surface area contributed by atoms with E-state index in [0.29, 0.717) is 41.0 Å². The fourth-order valence-corrected chi connectivity index (χ4v) is 3.58. The van der Waals surface area contributed by atoms with Crippen molar-refractivity contribution >= 4 is 11.8 Å². The van der Waals surface area contributed by atoms with Crippen LogP contribution in [0.5, 0.6) is 17.2 Å². The summed E-state index contributed by atoms with van der Waals surface area (Å²) in [6.45, 7) is 6.27. The molecule has 1 aromatic heterocycles. The summed E-state index contributed by atoms with van der Waals surface area (Å²) >= 11 is 0. The van der Waals surface area contributed by atoms with Gasteiger partial charge < -0.3 is 24.8 Å². The first-order chi connectivity index (χ1) is 16.8. The molecule has 10 nitrogen and oxygen atoms in total. The summed E-state index contributed by atoms with van der Waals surface area (Å²) in [5, 5.41) is 36.0. The SMILES string of the molecule is CCNC(=O)c1noc(-c2cc(C(C)C)c(O)cc2O)c1-c1ccc(OCCCC(=O)NO)cc1. The molecule has 186 valence electrons. The number of phenolic OH excluding ortho intramolecular Hbond substituents is 2. The molecular formula is C25H29N3O7. The van der Waals surface area contributed by atoms with E-state index in [1.54, 1.807) is 42.7 Å². The second kappa shape index (κ2) is 11.4. The number of carbonyl (C=O) groups is 2.